The number of aliphatic carboxylic acids is 2. The van der Waals surface area contributed by atoms with Crippen LogP contribution < -0.4 is 35.3 Å². The fraction of sp³-hybridized carbons (Fsp3) is 0.667. The molecule has 0 aliphatic rings. The van der Waals surface area contributed by atoms with Crippen molar-refractivity contribution >= 4 is 43.8 Å². The van der Waals surface area contributed by atoms with Crippen molar-refractivity contribution in [2.45, 2.75) is 12.5 Å². The summed E-state index contributed by atoms with van der Waals surface area (Å²) in [5.41, 5.74) is 4.84. The SMILES string of the molecule is BrCCBr.NC(CC(=O)O)C(=O)O.[Na+].[OH-]. The molecule has 0 aromatic rings. The van der Waals surface area contributed by atoms with Gasteiger partial charge in [0.05, 0.1) is 6.42 Å². The van der Waals surface area contributed by atoms with E-state index in [4.69, 9.17) is 15.9 Å². The van der Waals surface area contributed by atoms with Crippen molar-refractivity contribution < 1.29 is 54.8 Å². The van der Waals surface area contributed by atoms with Crippen molar-refractivity contribution in [1.82, 2.24) is 0 Å². The molecule has 1 unspecified atom stereocenters. The first-order valence-electron chi connectivity index (χ1n) is 3.27. The van der Waals surface area contributed by atoms with Gasteiger partial charge in [0.15, 0.2) is 0 Å². The first kappa shape index (κ1) is 24.9. The molecular weight excluding hydrogens is 349 g/mol. The molecule has 0 bridgehead atoms. The molecule has 0 amide bonds. The van der Waals surface area contributed by atoms with Crippen molar-refractivity contribution in [3.63, 3.8) is 0 Å². The fourth-order valence-corrected chi connectivity index (χ4v) is 0.275. The Hall–Kier alpha value is 0.820. The Balaban J connectivity index is -0.0000000883. The van der Waals surface area contributed by atoms with Gasteiger partial charge >= 0.3 is 41.5 Å². The predicted octanol–water partition coefficient (Wildman–Crippen LogP) is -2.52. The van der Waals surface area contributed by atoms with Crippen molar-refractivity contribution in [2.75, 3.05) is 10.7 Å². The smallest absolute Gasteiger partial charge is 0.870 e. The van der Waals surface area contributed by atoms with Gasteiger partial charge in [0, 0.05) is 10.7 Å². The minimum absolute atomic E-state index is 0. The zero-order valence-corrected chi connectivity index (χ0v) is 13.4. The third-order valence-electron chi connectivity index (χ3n) is 0.783. The van der Waals surface area contributed by atoms with Gasteiger partial charge in [0.25, 0.3) is 0 Å². The monoisotopic (exact) mass is 359 g/mol. The van der Waals surface area contributed by atoms with E-state index in [0.717, 1.165) is 10.7 Å². The zero-order chi connectivity index (χ0) is 10.9. The van der Waals surface area contributed by atoms with Crippen LogP contribution in [0.15, 0.2) is 0 Å². The Kier molecular flexibility index (Phi) is 28.6. The van der Waals surface area contributed by atoms with Gasteiger partial charge in [0.1, 0.15) is 6.04 Å². The molecule has 1 atom stereocenters. The van der Waals surface area contributed by atoms with Crippen molar-refractivity contribution in [2.24, 2.45) is 5.73 Å². The summed E-state index contributed by atoms with van der Waals surface area (Å²) in [6.45, 7) is 0. The predicted molar refractivity (Wildman–Crippen MR) is 57.4 cm³/mol. The molecule has 9 heteroatoms. The third-order valence-corrected chi connectivity index (χ3v) is 2.64. The van der Waals surface area contributed by atoms with Crippen LogP contribution in [-0.2, 0) is 9.59 Å². The van der Waals surface area contributed by atoms with Crippen LogP contribution >= 0.6 is 31.9 Å². The second-order valence-electron chi connectivity index (χ2n) is 1.92. The summed E-state index contributed by atoms with van der Waals surface area (Å²) in [5.74, 6) is -2.50. The van der Waals surface area contributed by atoms with Crippen LogP contribution in [0.4, 0.5) is 0 Å². The van der Waals surface area contributed by atoms with Crippen LogP contribution in [0.5, 0.6) is 0 Å². The normalized spacial score (nSPS) is 9.53. The molecule has 86 valence electrons. The van der Waals surface area contributed by atoms with E-state index in [1.54, 1.807) is 0 Å². The summed E-state index contributed by atoms with van der Waals surface area (Å²) in [5, 5.41) is 18.1. The molecule has 0 aromatic heterocycles. The van der Waals surface area contributed by atoms with E-state index >= 15 is 0 Å². The molecule has 0 radical (unpaired) electrons. The van der Waals surface area contributed by atoms with E-state index in [0.29, 0.717) is 0 Å². The number of hydrogen-bond donors (Lipinski definition) is 3. The third kappa shape index (κ3) is 25.3. The summed E-state index contributed by atoms with van der Waals surface area (Å²) in [4.78, 5) is 19.6. The number of nitrogens with two attached hydrogens (primary N) is 1. The summed E-state index contributed by atoms with van der Waals surface area (Å²) in [6.07, 6.45) is -0.532. The van der Waals surface area contributed by atoms with E-state index in [-0.39, 0.29) is 35.0 Å². The molecule has 5 N–H and O–H groups in total. The van der Waals surface area contributed by atoms with Crippen LogP contribution in [0.3, 0.4) is 0 Å². The number of hydrogen-bond acceptors (Lipinski definition) is 4. The number of alkyl halides is 2. The Bertz CT molecular complexity index is 170. The van der Waals surface area contributed by atoms with Gasteiger partial charge < -0.3 is 21.4 Å². The van der Waals surface area contributed by atoms with Gasteiger partial charge in [-0.1, -0.05) is 31.9 Å². The molecule has 0 saturated carbocycles. The molecule has 0 saturated heterocycles. The van der Waals surface area contributed by atoms with E-state index in [9.17, 15) is 9.59 Å². The number of rotatable bonds is 4. The summed E-state index contributed by atoms with van der Waals surface area (Å²) in [7, 11) is 0. The largest absolute Gasteiger partial charge is 1.00 e. The molecule has 0 heterocycles. The molecule has 0 aromatic carbocycles. The zero-order valence-electron chi connectivity index (χ0n) is 8.19. The number of carboxylic acid groups (broad SMARTS) is 2. The standard InChI is InChI=1S/C4H7NO4.C2H4Br2.Na.H2O/c5-2(4(8)9)1-3(6)7;3-1-2-4;;/h2H,1,5H2,(H,6,7)(H,8,9);1-2H2;;1H2/q;;+1;/p-1. The molecule has 0 spiro atoms. The van der Waals surface area contributed by atoms with Crippen LogP contribution in [0, 0.1) is 0 Å². The topological polar surface area (TPSA) is 131 Å². The number of carboxylic acids is 2. The van der Waals surface area contributed by atoms with Crippen LogP contribution in [0.1, 0.15) is 6.42 Å². The average molecular weight is 361 g/mol. The quantitative estimate of drug-likeness (QED) is 0.374. The summed E-state index contributed by atoms with van der Waals surface area (Å²) < 4.78 is 0. The Morgan fingerprint density at radius 2 is 1.53 bits per heavy atom. The minimum Gasteiger partial charge on any atom is -0.870 e. The molecule has 0 fully saturated rings. The summed E-state index contributed by atoms with van der Waals surface area (Å²) in [6, 6.07) is -1.29. The van der Waals surface area contributed by atoms with Crippen molar-refractivity contribution in [3.05, 3.63) is 0 Å². The number of halogens is 2. The van der Waals surface area contributed by atoms with Gasteiger partial charge in [0.2, 0.25) is 0 Å². The van der Waals surface area contributed by atoms with Gasteiger partial charge in [-0.3, -0.25) is 9.59 Å². The first-order valence-corrected chi connectivity index (χ1v) is 5.52. The molecule has 15 heavy (non-hydrogen) atoms. The van der Waals surface area contributed by atoms with Crippen molar-refractivity contribution in [3.8, 4) is 0 Å². The first-order chi connectivity index (χ1) is 5.95. The number of carbonyl (C=O) groups is 2. The van der Waals surface area contributed by atoms with Crippen LogP contribution in [0.25, 0.3) is 0 Å². The maximum Gasteiger partial charge on any atom is 1.00 e. The maximum atomic E-state index is 9.85. The molecule has 0 aliphatic carbocycles. The van der Waals surface area contributed by atoms with Crippen LogP contribution in [-0.4, -0.2) is 44.3 Å². The van der Waals surface area contributed by atoms with E-state index in [2.05, 4.69) is 31.9 Å². The van der Waals surface area contributed by atoms with Crippen LogP contribution in [0.2, 0.25) is 0 Å². The van der Waals surface area contributed by atoms with Gasteiger partial charge in [-0.25, -0.2) is 0 Å². The molecular formula is C6H12Br2NNaO5. The van der Waals surface area contributed by atoms with E-state index in [1.165, 1.54) is 0 Å². The van der Waals surface area contributed by atoms with Gasteiger partial charge in [-0.2, -0.15) is 0 Å². The Labute approximate surface area is 126 Å². The second-order valence-corrected chi connectivity index (χ2v) is 3.51. The van der Waals surface area contributed by atoms with Crippen molar-refractivity contribution in [1.29, 1.82) is 0 Å². The van der Waals surface area contributed by atoms with E-state index < -0.39 is 24.4 Å². The Morgan fingerprint density at radius 3 is 1.60 bits per heavy atom. The van der Waals surface area contributed by atoms with E-state index in [1.807, 2.05) is 0 Å². The average Bonchev–Trinajstić information content (AvgIpc) is 2.03. The summed E-state index contributed by atoms with van der Waals surface area (Å²) >= 11 is 6.40. The van der Waals surface area contributed by atoms with Gasteiger partial charge in [-0.15, -0.1) is 0 Å². The molecule has 0 aliphatic heterocycles. The minimum atomic E-state index is -1.29. The Morgan fingerprint density at radius 1 is 1.20 bits per heavy atom. The second kappa shape index (κ2) is 17.2. The molecule has 6 nitrogen and oxygen atoms in total. The fourth-order valence-electron chi connectivity index (χ4n) is 0.275. The molecule has 0 rings (SSSR count). The maximum absolute atomic E-state index is 9.85. The van der Waals surface area contributed by atoms with Gasteiger partial charge in [-0.05, 0) is 0 Å².